The van der Waals surface area contributed by atoms with Crippen LogP contribution in [0.1, 0.15) is 0 Å². The van der Waals surface area contributed by atoms with Crippen molar-refractivity contribution in [2.75, 3.05) is 40.3 Å². The molecular formula is C12H19NO4. The summed E-state index contributed by atoms with van der Waals surface area (Å²) in [6, 6.07) is 5.57. The number of anilines is 1. The number of hydrogen-bond acceptors (Lipinski definition) is 5. The molecule has 0 spiro atoms. The van der Waals surface area contributed by atoms with Gasteiger partial charge in [-0.2, -0.15) is 0 Å². The summed E-state index contributed by atoms with van der Waals surface area (Å²) >= 11 is 0. The molecule has 0 aliphatic carbocycles. The lowest BCUT2D eigenvalue weighted by Crippen LogP contribution is -2.23. The molecule has 17 heavy (non-hydrogen) atoms. The van der Waals surface area contributed by atoms with Gasteiger partial charge in [0.1, 0.15) is 11.5 Å². The summed E-state index contributed by atoms with van der Waals surface area (Å²) < 4.78 is 20.5. The highest BCUT2D eigenvalue weighted by Crippen LogP contribution is 2.25. The molecule has 0 amide bonds. The highest BCUT2D eigenvalue weighted by molar-refractivity contribution is 5.53. The van der Waals surface area contributed by atoms with E-state index in [1.165, 1.54) is 0 Å². The van der Waals surface area contributed by atoms with E-state index in [1.807, 2.05) is 18.2 Å². The molecule has 5 heteroatoms. The van der Waals surface area contributed by atoms with Gasteiger partial charge in [0.05, 0.1) is 20.8 Å². The normalized spacial score (nSPS) is 10.4. The van der Waals surface area contributed by atoms with Crippen LogP contribution in [0.5, 0.6) is 11.5 Å². The van der Waals surface area contributed by atoms with Gasteiger partial charge in [0.2, 0.25) is 0 Å². The van der Waals surface area contributed by atoms with Gasteiger partial charge in [-0.15, -0.1) is 0 Å². The second-order valence-corrected chi connectivity index (χ2v) is 3.38. The van der Waals surface area contributed by atoms with Crippen LogP contribution in [0.2, 0.25) is 0 Å². The Labute approximate surface area is 102 Å². The second kappa shape index (κ2) is 6.98. The summed E-state index contributed by atoms with van der Waals surface area (Å²) in [7, 11) is 6.43. The first kappa shape index (κ1) is 13.6. The fourth-order valence-electron chi connectivity index (χ4n) is 1.37. The average Bonchev–Trinajstić information content (AvgIpc) is 2.39. The van der Waals surface area contributed by atoms with Crippen LogP contribution < -0.4 is 14.8 Å². The summed E-state index contributed by atoms with van der Waals surface area (Å²) in [5, 5.41) is 3.19. The summed E-state index contributed by atoms with van der Waals surface area (Å²) in [6.07, 6.45) is -0.285. The van der Waals surface area contributed by atoms with Gasteiger partial charge in [-0.3, -0.25) is 0 Å². The Morgan fingerprint density at radius 3 is 1.88 bits per heavy atom. The Bertz CT molecular complexity index is 317. The quantitative estimate of drug-likeness (QED) is 0.737. The Hall–Kier alpha value is -1.46. The van der Waals surface area contributed by atoms with E-state index < -0.39 is 0 Å². The van der Waals surface area contributed by atoms with Crippen molar-refractivity contribution >= 4 is 5.69 Å². The van der Waals surface area contributed by atoms with E-state index in [1.54, 1.807) is 28.4 Å². The maximum atomic E-state index is 5.17. The van der Waals surface area contributed by atoms with Crippen LogP contribution in [0.4, 0.5) is 5.69 Å². The molecule has 0 aromatic heterocycles. The fraction of sp³-hybridized carbons (Fsp3) is 0.500. The van der Waals surface area contributed by atoms with E-state index in [4.69, 9.17) is 18.9 Å². The number of nitrogens with one attached hydrogen (secondary N) is 1. The Kier molecular flexibility index (Phi) is 5.59. The van der Waals surface area contributed by atoms with Crippen molar-refractivity contribution in [3.63, 3.8) is 0 Å². The van der Waals surface area contributed by atoms with Gasteiger partial charge >= 0.3 is 0 Å². The lowest BCUT2D eigenvalue weighted by molar-refractivity contribution is -0.0914. The van der Waals surface area contributed by atoms with Gasteiger partial charge in [-0.05, 0) is 0 Å². The molecule has 1 N–H and O–H groups in total. The molecule has 0 bridgehead atoms. The summed E-state index contributed by atoms with van der Waals surface area (Å²) in [5.74, 6) is 1.47. The monoisotopic (exact) mass is 241 g/mol. The first-order valence-corrected chi connectivity index (χ1v) is 5.26. The predicted octanol–water partition coefficient (Wildman–Crippen LogP) is 1.73. The first-order valence-electron chi connectivity index (χ1n) is 5.26. The Morgan fingerprint density at radius 2 is 1.47 bits per heavy atom. The maximum absolute atomic E-state index is 5.17. The van der Waals surface area contributed by atoms with E-state index in [0.717, 1.165) is 17.2 Å². The second-order valence-electron chi connectivity index (χ2n) is 3.38. The maximum Gasteiger partial charge on any atom is 0.173 e. The SMILES string of the molecule is COc1cc(NCC(OC)OC)cc(OC)c1. The standard InChI is InChI=1S/C12H19NO4/c1-14-10-5-9(6-11(7-10)15-2)13-8-12(16-3)17-4/h5-7,12-13H,8H2,1-4H3. The molecular weight excluding hydrogens is 222 g/mol. The first-order chi connectivity index (χ1) is 8.23. The third-order valence-electron chi connectivity index (χ3n) is 2.35. The Balaban J connectivity index is 2.69. The van der Waals surface area contributed by atoms with Crippen LogP contribution in [-0.2, 0) is 9.47 Å². The lowest BCUT2D eigenvalue weighted by Gasteiger charge is -2.16. The van der Waals surface area contributed by atoms with E-state index in [-0.39, 0.29) is 6.29 Å². The number of ether oxygens (including phenoxy) is 4. The molecule has 0 heterocycles. The van der Waals surface area contributed by atoms with Crippen LogP contribution in [-0.4, -0.2) is 41.3 Å². The summed E-state index contributed by atoms with van der Waals surface area (Å²) in [6.45, 7) is 0.545. The van der Waals surface area contributed by atoms with Gasteiger partial charge in [-0.25, -0.2) is 0 Å². The number of methoxy groups -OCH3 is 4. The van der Waals surface area contributed by atoms with Crippen molar-refractivity contribution in [1.29, 1.82) is 0 Å². The van der Waals surface area contributed by atoms with E-state index >= 15 is 0 Å². The predicted molar refractivity (Wildman–Crippen MR) is 65.8 cm³/mol. The molecule has 1 rings (SSSR count). The molecule has 96 valence electrons. The van der Waals surface area contributed by atoms with Gasteiger partial charge in [-0.1, -0.05) is 0 Å². The molecule has 0 aliphatic heterocycles. The van der Waals surface area contributed by atoms with E-state index in [9.17, 15) is 0 Å². The molecule has 5 nitrogen and oxygen atoms in total. The molecule has 0 unspecified atom stereocenters. The molecule has 0 saturated carbocycles. The zero-order valence-corrected chi connectivity index (χ0v) is 10.6. The van der Waals surface area contributed by atoms with Crippen molar-refractivity contribution in [1.82, 2.24) is 0 Å². The number of benzene rings is 1. The summed E-state index contributed by atoms with van der Waals surface area (Å²) in [5.41, 5.74) is 0.889. The van der Waals surface area contributed by atoms with Gasteiger partial charge in [0.25, 0.3) is 0 Å². The van der Waals surface area contributed by atoms with E-state index in [0.29, 0.717) is 6.54 Å². The largest absolute Gasteiger partial charge is 0.497 e. The van der Waals surface area contributed by atoms with Crippen molar-refractivity contribution in [3.8, 4) is 11.5 Å². The topological polar surface area (TPSA) is 49.0 Å². The van der Waals surface area contributed by atoms with Crippen LogP contribution in [0.15, 0.2) is 18.2 Å². The van der Waals surface area contributed by atoms with Gasteiger partial charge in [0.15, 0.2) is 6.29 Å². The minimum atomic E-state index is -0.285. The molecule has 0 aliphatic rings. The van der Waals surface area contributed by atoms with E-state index in [2.05, 4.69) is 5.32 Å². The smallest absolute Gasteiger partial charge is 0.173 e. The van der Waals surface area contributed by atoms with Gasteiger partial charge < -0.3 is 24.3 Å². The van der Waals surface area contributed by atoms with Crippen molar-refractivity contribution in [2.45, 2.75) is 6.29 Å². The van der Waals surface area contributed by atoms with Crippen molar-refractivity contribution < 1.29 is 18.9 Å². The molecule has 0 saturated heterocycles. The Morgan fingerprint density at radius 1 is 0.941 bits per heavy atom. The molecule has 1 aromatic rings. The molecule has 0 fully saturated rings. The minimum Gasteiger partial charge on any atom is -0.497 e. The third-order valence-corrected chi connectivity index (χ3v) is 2.35. The van der Waals surface area contributed by atoms with Crippen LogP contribution >= 0.6 is 0 Å². The minimum absolute atomic E-state index is 0.285. The van der Waals surface area contributed by atoms with Crippen molar-refractivity contribution in [2.24, 2.45) is 0 Å². The van der Waals surface area contributed by atoms with Crippen LogP contribution in [0.25, 0.3) is 0 Å². The highest BCUT2D eigenvalue weighted by atomic mass is 16.7. The number of hydrogen-bond donors (Lipinski definition) is 1. The zero-order chi connectivity index (χ0) is 12.7. The zero-order valence-electron chi connectivity index (χ0n) is 10.6. The third kappa shape index (κ3) is 4.13. The van der Waals surface area contributed by atoms with Gasteiger partial charge in [0, 0.05) is 38.1 Å². The van der Waals surface area contributed by atoms with Crippen LogP contribution in [0.3, 0.4) is 0 Å². The molecule has 0 atom stereocenters. The van der Waals surface area contributed by atoms with Crippen molar-refractivity contribution in [3.05, 3.63) is 18.2 Å². The number of rotatable bonds is 7. The fourth-order valence-corrected chi connectivity index (χ4v) is 1.37. The molecule has 0 radical (unpaired) electrons. The lowest BCUT2D eigenvalue weighted by atomic mass is 10.2. The summed E-state index contributed by atoms with van der Waals surface area (Å²) in [4.78, 5) is 0. The molecule has 1 aromatic carbocycles. The van der Waals surface area contributed by atoms with Crippen LogP contribution in [0, 0.1) is 0 Å². The highest BCUT2D eigenvalue weighted by Gasteiger charge is 2.06. The average molecular weight is 241 g/mol.